The summed E-state index contributed by atoms with van der Waals surface area (Å²) >= 11 is 0. The maximum Gasteiger partial charge on any atom is 0.264 e. The fourth-order valence-electron chi connectivity index (χ4n) is 4.55. The molecule has 0 radical (unpaired) electrons. The second kappa shape index (κ2) is 8.96. The number of methoxy groups -OCH3 is 1. The molecule has 1 heterocycles. The zero-order valence-electron chi connectivity index (χ0n) is 19.6. The Labute approximate surface area is 201 Å². The Morgan fingerprint density at radius 1 is 0.882 bits per heavy atom. The standard InChI is InChI=1S/C25H28N2O5S2/c1-17-14-18(2)25(19(3)15-17)33(28,29)26-21-7-12-24-20(16-21)6-5-13-27(24)34(30,31)23-10-8-22(32-4)9-11-23/h7-12,14-16,26H,5-6,13H2,1-4H3. The Morgan fingerprint density at radius 2 is 1.53 bits per heavy atom. The molecule has 1 aliphatic heterocycles. The average Bonchev–Trinajstić information content (AvgIpc) is 2.77. The molecule has 3 aromatic carbocycles. The van der Waals surface area contributed by atoms with E-state index >= 15 is 0 Å². The third-order valence-corrected chi connectivity index (χ3v) is 9.44. The lowest BCUT2D eigenvalue weighted by molar-refractivity contribution is 0.414. The highest BCUT2D eigenvalue weighted by Gasteiger charge is 2.30. The highest BCUT2D eigenvalue weighted by molar-refractivity contribution is 7.93. The van der Waals surface area contributed by atoms with E-state index in [0.717, 1.165) is 11.1 Å². The van der Waals surface area contributed by atoms with Crippen molar-refractivity contribution in [1.82, 2.24) is 0 Å². The first-order chi connectivity index (χ1) is 16.0. The summed E-state index contributed by atoms with van der Waals surface area (Å²) in [6, 6.07) is 15.0. The highest BCUT2D eigenvalue weighted by atomic mass is 32.2. The molecule has 4 rings (SSSR count). The molecule has 3 aromatic rings. The van der Waals surface area contributed by atoms with Crippen LogP contribution in [0.25, 0.3) is 0 Å². The van der Waals surface area contributed by atoms with E-state index in [9.17, 15) is 16.8 Å². The molecular formula is C25H28N2O5S2. The average molecular weight is 501 g/mol. The summed E-state index contributed by atoms with van der Waals surface area (Å²) in [7, 11) is -6.05. The summed E-state index contributed by atoms with van der Waals surface area (Å²) in [5.41, 5.74) is 4.11. The lowest BCUT2D eigenvalue weighted by Crippen LogP contribution is -2.35. The summed E-state index contributed by atoms with van der Waals surface area (Å²) in [5.74, 6) is 0.578. The number of benzene rings is 3. The molecule has 1 aliphatic rings. The van der Waals surface area contributed by atoms with Crippen molar-refractivity contribution in [3.8, 4) is 5.75 Å². The number of sulfonamides is 2. The van der Waals surface area contributed by atoms with Gasteiger partial charge in [0.25, 0.3) is 20.0 Å². The van der Waals surface area contributed by atoms with Crippen molar-refractivity contribution in [2.75, 3.05) is 22.7 Å². The lowest BCUT2D eigenvalue weighted by Gasteiger charge is -2.31. The minimum absolute atomic E-state index is 0.177. The van der Waals surface area contributed by atoms with Gasteiger partial charge in [-0.25, -0.2) is 16.8 Å². The zero-order chi connectivity index (χ0) is 24.7. The van der Waals surface area contributed by atoms with Crippen molar-refractivity contribution in [2.24, 2.45) is 0 Å². The second-order valence-electron chi connectivity index (χ2n) is 8.53. The van der Waals surface area contributed by atoms with E-state index in [2.05, 4.69) is 4.72 Å². The Morgan fingerprint density at radius 3 is 2.15 bits per heavy atom. The number of hydrogen-bond donors (Lipinski definition) is 1. The molecule has 180 valence electrons. The Kier molecular flexibility index (Phi) is 6.35. The van der Waals surface area contributed by atoms with Crippen molar-refractivity contribution in [3.05, 3.63) is 76.9 Å². The molecule has 0 atom stereocenters. The molecule has 0 aromatic heterocycles. The molecular weight excluding hydrogens is 472 g/mol. The number of aryl methyl sites for hydroxylation is 4. The van der Waals surface area contributed by atoms with Gasteiger partial charge < -0.3 is 4.74 Å². The van der Waals surface area contributed by atoms with Crippen LogP contribution in [0, 0.1) is 20.8 Å². The third kappa shape index (κ3) is 4.50. The number of fused-ring (bicyclic) bond motifs is 1. The van der Waals surface area contributed by atoms with Gasteiger partial charge in [-0.1, -0.05) is 17.7 Å². The maximum atomic E-state index is 13.3. The predicted octanol–water partition coefficient (Wildman–Crippen LogP) is 4.56. The molecule has 7 nitrogen and oxygen atoms in total. The van der Waals surface area contributed by atoms with Crippen LogP contribution in [0.4, 0.5) is 11.4 Å². The van der Waals surface area contributed by atoms with Crippen LogP contribution in [-0.4, -0.2) is 30.5 Å². The van der Waals surface area contributed by atoms with Gasteiger partial charge in [-0.15, -0.1) is 0 Å². The number of anilines is 2. The van der Waals surface area contributed by atoms with Gasteiger partial charge in [-0.05, 0) is 92.8 Å². The minimum Gasteiger partial charge on any atom is -0.497 e. The van der Waals surface area contributed by atoms with Gasteiger partial charge in [0.2, 0.25) is 0 Å². The van der Waals surface area contributed by atoms with Crippen molar-refractivity contribution in [1.29, 1.82) is 0 Å². The van der Waals surface area contributed by atoms with Gasteiger partial charge in [0, 0.05) is 12.2 Å². The zero-order valence-corrected chi connectivity index (χ0v) is 21.3. The quantitative estimate of drug-likeness (QED) is 0.536. The van der Waals surface area contributed by atoms with Crippen LogP contribution >= 0.6 is 0 Å². The molecule has 34 heavy (non-hydrogen) atoms. The Bertz CT molecular complexity index is 1420. The van der Waals surface area contributed by atoms with E-state index in [4.69, 9.17) is 4.74 Å². The molecule has 0 fully saturated rings. The number of ether oxygens (including phenoxy) is 1. The van der Waals surface area contributed by atoms with Crippen LogP contribution < -0.4 is 13.8 Å². The first-order valence-corrected chi connectivity index (χ1v) is 13.9. The first-order valence-electron chi connectivity index (χ1n) is 10.9. The van der Waals surface area contributed by atoms with Crippen LogP contribution in [-0.2, 0) is 26.5 Å². The normalized spacial score (nSPS) is 13.9. The van der Waals surface area contributed by atoms with Crippen LogP contribution in [0.1, 0.15) is 28.7 Å². The smallest absolute Gasteiger partial charge is 0.264 e. The first kappa shape index (κ1) is 24.1. The lowest BCUT2D eigenvalue weighted by atomic mass is 10.0. The Hall–Kier alpha value is -3.04. The van der Waals surface area contributed by atoms with E-state index in [-0.39, 0.29) is 9.79 Å². The molecule has 0 saturated carbocycles. The van der Waals surface area contributed by atoms with Gasteiger partial charge in [0.1, 0.15) is 5.75 Å². The van der Waals surface area contributed by atoms with Crippen LogP contribution in [0.15, 0.2) is 64.4 Å². The van der Waals surface area contributed by atoms with E-state index in [1.54, 1.807) is 44.2 Å². The summed E-state index contributed by atoms with van der Waals surface area (Å²) in [6.45, 7) is 5.85. The maximum absolute atomic E-state index is 13.3. The van der Waals surface area contributed by atoms with Crippen molar-refractivity contribution in [2.45, 2.75) is 43.4 Å². The molecule has 0 amide bonds. The topological polar surface area (TPSA) is 92.8 Å². The molecule has 0 spiro atoms. The van der Waals surface area contributed by atoms with Crippen LogP contribution in [0.3, 0.4) is 0 Å². The summed E-state index contributed by atoms with van der Waals surface area (Å²) in [6.07, 6.45) is 1.29. The predicted molar refractivity (Wildman–Crippen MR) is 134 cm³/mol. The third-order valence-electron chi connectivity index (χ3n) is 5.93. The fourth-order valence-corrected chi connectivity index (χ4v) is 7.59. The van der Waals surface area contributed by atoms with Crippen LogP contribution in [0.2, 0.25) is 0 Å². The minimum atomic E-state index is -3.80. The van der Waals surface area contributed by atoms with Gasteiger partial charge in [-0.2, -0.15) is 0 Å². The van der Waals surface area contributed by atoms with Crippen molar-refractivity contribution >= 4 is 31.4 Å². The number of nitrogens with one attached hydrogen (secondary N) is 1. The molecule has 0 aliphatic carbocycles. The summed E-state index contributed by atoms with van der Waals surface area (Å²) in [4.78, 5) is 0.441. The van der Waals surface area contributed by atoms with Gasteiger partial charge >= 0.3 is 0 Å². The van der Waals surface area contributed by atoms with E-state index < -0.39 is 20.0 Å². The molecule has 0 bridgehead atoms. The molecule has 0 unspecified atom stereocenters. The van der Waals surface area contributed by atoms with E-state index in [0.29, 0.717) is 47.6 Å². The van der Waals surface area contributed by atoms with Gasteiger partial charge in [-0.3, -0.25) is 9.03 Å². The largest absolute Gasteiger partial charge is 0.497 e. The van der Waals surface area contributed by atoms with E-state index in [1.165, 1.54) is 23.5 Å². The van der Waals surface area contributed by atoms with Gasteiger partial charge in [0.05, 0.1) is 22.6 Å². The monoisotopic (exact) mass is 500 g/mol. The van der Waals surface area contributed by atoms with E-state index in [1.807, 2.05) is 19.1 Å². The Balaban J connectivity index is 1.66. The van der Waals surface area contributed by atoms with Crippen LogP contribution in [0.5, 0.6) is 5.75 Å². The summed E-state index contributed by atoms with van der Waals surface area (Å²) < 4.78 is 62.1. The second-order valence-corrected chi connectivity index (χ2v) is 12.0. The summed E-state index contributed by atoms with van der Waals surface area (Å²) in [5, 5.41) is 0. The number of nitrogens with zero attached hydrogens (tertiary/aromatic N) is 1. The van der Waals surface area contributed by atoms with Crippen molar-refractivity contribution < 1.29 is 21.6 Å². The van der Waals surface area contributed by atoms with Gasteiger partial charge in [0.15, 0.2) is 0 Å². The fraction of sp³-hybridized carbons (Fsp3) is 0.280. The van der Waals surface area contributed by atoms with Crippen molar-refractivity contribution in [3.63, 3.8) is 0 Å². The number of hydrogen-bond acceptors (Lipinski definition) is 5. The number of rotatable bonds is 6. The molecule has 1 N–H and O–H groups in total. The highest BCUT2D eigenvalue weighted by Crippen LogP contribution is 2.35. The SMILES string of the molecule is COc1ccc(S(=O)(=O)N2CCCc3cc(NS(=O)(=O)c4c(C)cc(C)cc4C)ccc32)cc1. The molecule has 0 saturated heterocycles. The molecule has 9 heteroatoms.